The van der Waals surface area contributed by atoms with Crippen molar-refractivity contribution in [1.82, 2.24) is 4.57 Å². The van der Waals surface area contributed by atoms with Gasteiger partial charge < -0.3 is 24.4 Å². The third-order valence-corrected chi connectivity index (χ3v) is 6.09. The number of nitrogens with zero attached hydrogens (tertiary/aromatic N) is 1. The molecule has 0 aliphatic heterocycles. The van der Waals surface area contributed by atoms with E-state index in [1.54, 1.807) is 72.8 Å². The lowest BCUT2D eigenvalue weighted by Crippen LogP contribution is -2.13. The number of hydrogen-bond acceptors (Lipinski definition) is 7. The van der Waals surface area contributed by atoms with E-state index in [9.17, 15) is 19.8 Å². The zero-order valence-corrected chi connectivity index (χ0v) is 20.3. The summed E-state index contributed by atoms with van der Waals surface area (Å²) in [6.07, 6.45) is 1.55. The highest BCUT2D eigenvalue weighted by molar-refractivity contribution is 7.07. The van der Waals surface area contributed by atoms with Crippen LogP contribution in [0.4, 0.5) is 0 Å². The molecule has 0 amide bonds. The number of rotatable bonds is 9. The second-order valence-electron chi connectivity index (χ2n) is 7.73. The van der Waals surface area contributed by atoms with E-state index in [0.717, 1.165) is 16.9 Å². The Morgan fingerprint density at radius 3 is 2.00 bits per heavy atom. The number of aromatic hydroxyl groups is 1. The number of hydrogen-bond donors (Lipinski definition) is 2. The molecule has 0 aliphatic rings. The van der Waals surface area contributed by atoms with Gasteiger partial charge in [-0.05, 0) is 59.2 Å². The maximum absolute atomic E-state index is 12.0. The van der Waals surface area contributed by atoms with Gasteiger partial charge in [0.25, 0.3) is 0 Å². The molecule has 0 radical (unpaired) electrons. The van der Waals surface area contributed by atoms with Gasteiger partial charge in [-0.3, -0.25) is 9.36 Å². The molecule has 0 unspecified atom stereocenters. The second-order valence-corrected chi connectivity index (χ2v) is 8.55. The summed E-state index contributed by atoms with van der Waals surface area (Å²) < 4.78 is 17.7. The lowest BCUT2D eigenvalue weighted by Gasteiger charge is -2.10. The minimum absolute atomic E-state index is 0.0641. The largest absolute Gasteiger partial charge is 0.497 e. The molecule has 4 aromatic rings. The van der Waals surface area contributed by atoms with Gasteiger partial charge in [0.15, 0.2) is 0 Å². The molecule has 0 saturated heterocycles. The van der Waals surface area contributed by atoms with E-state index in [-0.39, 0.29) is 22.9 Å². The van der Waals surface area contributed by atoms with Crippen LogP contribution in [-0.2, 0) is 11.3 Å². The molecule has 8 nitrogen and oxygen atoms in total. The van der Waals surface area contributed by atoms with Crippen molar-refractivity contribution >= 4 is 29.0 Å². The van der Waals surface area contributed by atoms with Crippen LogP contribution < -0.4 is 19.1 Å². The zero-order valence-electron chi connectivity index (χ0n) is 19.5. The predicted octanol–water partition coefficient (Wildman–Crippen LogP) is 5.10. The third-order valence-electron chi connectivity index (χ3n) is 5.34. The molecule has 0 atom stereocenters. The van der Waals surface area contributed by atoms with Crippen molar-refractivity contribution in [2.45, 2.75) is 6.54 Å². The molecule has 1 heterocycles. The monoisotopic (exact) mass is 505 g/mol. The minimum Gasteiger partial charge on any atom is -0.497 e. The van der Waals surface area contributed by atoms with Crippen LogP contribution in [-0.4, -0.2) is 35.0 Å². The van der Waals surface area contributed by atoms with Crippen LogP contribution in [0, 0.1) is 0 Å². The van der Waals surface area contributed by atoms with E-state index in [1.807, 2.05) is 0 Å². The molecule has 3 aromatic carbocycles. The van der Waals surface area contributed by atoms with Gasteiger partial charge in [0.1, 0.15) is 23.0 Å². The molecule has 1 aromatic heterocycles. The molecular weight excluding hydrogens is 482 g/mol. The van der Waals surface area contributed by atoms with Gasteiger partial charge in [-0.15, -0.1) is 0 Å². The average molecular weight is 506 g/mol. The molecule has 2 N–H and O–H groups in total. The topological polar surface area (TPSA) is 107 Å². The van der Waals surface area contributed by atoms with E-state index < -0.39 is 5.97 Å². The Balaban J connectivity index is 1.50. The first-order valence-corrected chi connectivity index (χ1v) is 11.7. The first-order chi connectivity index (χ1) is 17.4. The molecule has 0 fully saturated rings. The molecule has 0 saturated carbocycles. The molecule has 184 valence electrons. The molecule has 0 aliphatic carbocycles. The van der Waals surface area contributed by atoms with Gasteiger partial charge in [0.05, 0.1) is 31.7 Å². The van der Waals surface area contributed by atoms with Crippen molar-refractivity contribution in [2.24, 2.45) is 0 Å². The van der Waals surface area contributed by atoms with Gasteiger partial charge in [0, 0.05) is 6.07 Å². The normalized spacial score (nSPS) is 11.2. The number of aliphatic carboxylic acids is 1. The summed E-state index contributed by atoms with van der Waals surface area (Å²) in [5, 5.41) is 21.0. The fourth-order valence-electron chi connectivity index (χ4n) is 3.50. The molecule has 9 heteroatoms. The lowest BCUT2D eigenvalue weighted by atomic mass is 10.0. The van der Waals surface area contributed by atoms with Crippen molar-refractivity contribution in [3.05, 3.63) is 98.5 Å². The van der Waals surface area contributed by atoms with Crippen molar-refractivity contribution in [3.8, 4) is 28.9 Å². The van der Waals surface area contributed by atoms with Gasteiger partial charge in [-0.1, -0.05) is 35.6 Å². The number of methoxy groups -OCH3 is 2. The average Bonchev–Trinajstić information content (AvgIpc) is 3.20. The molecule has 36 heavy (non-hydrogen) atoms. The molecular formula is C27H23NO7S. The van der Waals surface area contributed by atoms with Crippen LogP contribution >= 0.6 is 11.3 Å². The van der Waals surface area contributed by atoms with Crippen LogP contribution in [0.1, 0.15) is 16.7 Å². The number of ether oxygens (including phenoxy) is 3. The summed E-state index contributed by atoms with van der Waals surface area (Å²) in [6.45, 7) is 0.257. The minimum atomic E-state index is -1.07. The summed E-state index contributed by atoms with van der Waals surface area (Å²) in [7, 11) is 3.06. The van der Waals surface area contributed by atoms with E-state index >= 15 is 0 Å². The highest BCUT2D eigenvalue weighted by Crippen LogP contribution is 2.28. The van der Waals surface area contributed by atoms with Crippen molar-refractivity contribution in [1.29, 1.82) is 0 Å². The number of aromatic nitrogens is 1. The summed E-state index contributed by atoms with van der Waals surface area (Å²) in [4.78, 5) is 23.5. The molecule has 0 bridgehead atoms. The van der Waals surface area contributed by atoms with E-state index in [4.69, 9.17) is 14.2 Å². The van der Waals surface area contributed by atoms with Gasteiger partial charge in [-0.25, -0.2) is 4.79 Å². The van der Waals surface area contributed by atoms with Crippen molar-refractivity contribution in [3.63, 3.8) is 0 Å². The van der Waals surface area contributed by atoms with E-state index in [0.29, 0.717) is 34.1 Å². The Kier molecular flexibility index (Phi) is 7.41. The van der Waals surface area contributed by atoms with Crippen LogP contribution in [0.15, 0.2) is 76.9 Å². The maximum atomic E-state index is 12.0. The van der Waals surface area contributed by atoms with Crippen molar-refractivity contribution < 1.29 is 29.2 Å². The van der Waals surface area contributed by atoms with E-state index in [2.05, 4.69) is 0 Å². The highest BCUT2D eigenvalue weighted by Gasteiger charge is 2.12. The fraction of sp³-hybridized carbons (Fsp3) is 0.111. The smallest absolute Gasteiger partial charge is 0.336 e. The predicted molar refractivity (Wildman–Crippen MR) is 137 cm³/mol. The second kappa shape index (κ2) is 10.8. The zero-order chi connectivity index (χ0) is 25.7. The molecule has 4 rings (SSSR count). The Morgan fingerprint density at radius 2 is 1.50 bits per heavy atom. The van der Waals surface area contributed by atoms with Gasteiger partial charge in [0.2, 0.25) is 5.88 Å². The van der Waals surface area contributed by atoms with Gasteiger partial charge in [-0.2, -0.15) is 0 Å². The summed E-state index contributed by atoms with van der Waals surface area (Å²) in [6, 6.07) is 19.0. The maximum Gasteiger partial charge on any atom is 0.336 e. The standard InChI is InChI=1S/C27H23NO7S/c1-33-22-11-18(12-23(14-22)34-2)13-24(26(30)31)19-5-9-21(10-6-19)35-20-7-3-17(4-8-20)15-28-25(29)16-36-27(28)32/h3-14,16,29H,15H2,1-2H3,(H,30,31). The fourth-order valence-corrected chi connectivity index (χ4v) is 4.12. The SMILES string of the molecule is COc1cc(C=C(C(=O)O)c2ccc(Oc3ccc(Cn4c(O)csc4=O)cc3)cc2)cc(OC)c1. The lowest BCUT2D eigenvalue weighted by molar-refractivity contribution is -0.130. The quantitative estimate of drug-likeness (QED) is 0.241. The highest BCUT2D eigenvalue weighted by atomic mass is 32.1. The summed E-state index contributed by atoms with van der Waals surface area (Å²) in [5.41, 5.74) is 2.07. The Bertz CT molecular complexity index is 1430. The van der Waals surface area contributed by atoms with Crippen molar-refractivity contribution in [2.75, 3.05) is 14.2 Å². The molecule has 0 spiro atoms. The summed E-state index contributed by atoms with van der Waals surface area (Å²) in [5.74, 6) is 1.08. The van der Waals surface area contributed by atoms with E-state index in [1.165, 1.54) is 24.2 Å². The van der Waals surface area contributed by atoms with Crippen LogP contribution in [0.25, 0.3) is 11.6 Å². The van der Waals surface area contributed by atoms with Crippen LogP contribution in [0.5, 0.6) is 28.9 Å². The number of carboxylic acid groups (broad SMARTS) is 1. The third kappa shape index (κ3) is 5.76. The Morgan fingerprint density at radius 1 is 0.917 bits per heavy atom. The number of carboxylic acids is 1. The summed E-state index contributed by atoms with van der Waals surface area (Å²) >= 11 is 0.944. The Hall–Kier alpha value is -4.50. The first-order valence-electron chi connectivity index (χ1n) is 10.8. The number of benzene rings is 3. The number of carbonyl (C=O) groups is 1. The van der Waals surface area contributed by atoms with Gasteiger partial charge >= 0.3 is 10.8 Å². The van der Waals surface area contributed by atoms with Crippen LogP contribution in [0.3, 0.4) is 0 Å². The Labute approximate surface area is 210 Å². The number of thiazole rings is 1. The van der Waals surface area contributed by atoms with Crippen LogP contribution in [0.2, 0.25) is 0 Å². The first kappa shape index (κ1) is 24.6.